The molecule has 1 aromatic carbocycles. The highest BCUT2D eigenvalue weighted by Gasteiger charge is 2.30. The van der Waals surface area contributed by atoms with Crippen LogP contribution in [0.4, 0.5) is 13.2 Å². The largest absolute Gasteiger partial charge is 0.325 e. The molecule has 0 bridgehead atoms. The minimum Gasteiger partial charge on any atom is -0.325 e. The van der Waals surface area contributed by atoms with E-state index in [1.807, 2.05) is 0 Å². The van der Waals surface area contributed by atoms with Crippen LogP contribution in [0.5, 0.6) is 0 Å². The predicted octanol–water partition coefficient (Wildman–Crippen LogP) is 1.35. The minimum atomic E-state index is -4.31. The van der Waals surface area contributed by atoms with E-state index in [1.54, 1.807) is 4.72 Å². The maximum absolute atomic E-state index is 12.9. The maximum atomic E-state index is 12.9. The number of benzene rings is 1. The lowest BCUT2D eigenvalue weighted by atomic mass is 10.3. The van der Waals surface area contributed by atoms with Crippen molar-refractivity contribution >= 4 is 21.6 Å². The molecule has 1 aromatic rings. The van der Waals surface area contributed by atoms with Gasteiger partial charge in [0, 0.05) is 0 Å². The minimum absolute atomic E-state index is 0.264. The van der Waals surface area contributed by atoms with Gasteiger partial charge in [0.05, 0.1) is 18.1 Å². The fraction of sp³-hybridized carbons (Fsp3) is 0.333. The molecule has 0 atom stereocenters. The van der Waals surface area contributed by atoms with Gasteiger partial charge in [-0.2, -0.15) is 0 Å². The summed E-state index contributed by atoms with van der Waals surface area (Å²) in [6, 6.07) is 2.62. The second-order valence-electron chi connectivity index (χ2n) is 3.46. The van der Waals surface area contributed by atoms with Gasteiger partial charge in [-0.25, -0.2) is 26.3 Å². The quantitative estimate of drug-likeness (QED) is 0.862. The normalized spacial score (nSPS) is 12.7. The van der Waals surface area contributed by atoms with E-state index in [1.165, 1.54) is 0 Å². The van der Waals surface area contributed by atoms with Crippen molar-refractivity contribution in [3.05, 3.63) is 29.0 Å². The number of hydrogen-bond donors (Lipinski definition) is 2. The third-order valence-corrected chi connectivity index (χ3v) is 3.89. The van der Waals surface area contributed by atoms with Gasteiger partial charge in [-0.15, -0.1) is 0 Å². The molecule has 18 heavy (non-hydrogen) atoms. The second-order valence-corrected chi connectivity index (χ2v) is 5.60. The van der Waals surface area contributed by atoms with Crippen LogP contribution in [0.3, 0.4) is 0 Å². The standard InChI is InChI=1S/C9H10ClF3N2O2S/c10-7-2-1-6(11)3-8(7)18(16,17)15-5-9(12,13)4-14/h1-3,15H,4-5,14H2. The van der Waals surface area contributed by atoms with Crippen molar-refractivity contribution in [1.29, 1.82) is 0 Å². The van der Waals surface area contributed by atoms with Gasteiger partial charge in [0.1, 0.15) is 10.7 Å². The first-order chi connectivity index (χ1) is 8.18. The first-order valence-corrected chi connectivity index (χ1v) is 6.57. The van der Waals surface area contributed by atoms with Crippen molar-refractivity contribution in [2.24, 2.45) is 5.73 Å². The zero-order chi connectivity index (χ0) is 14.0. The molecule has 0 radical (unpaired) electrons. The molecule has 0 amide bonds. The molecule has 0 aliphatic heterocycles. The van der Waals surface area contributed by atoms with Gasteiger partial charge in [-0.1, -0.05) is 11.6 Å². The van der Waals surface area contributed by atoms with Crippen LogP contribution in [-0.2, 0) is 10.0 Å². The van der Waals surface area contributed by atoms with Crippen molar-refractivity contribution in [3.63, 3.8) is 0 Å². The summed E-state index contributed by atoms with van der Waals surface area (Å²) in [5, 5.41) is -0.264. The average Bonchev–Trinajstić information content (AvgIpc) is 2.30. The summed E-state index contributed by atoms with van der Waals surface area (Å²) in [6.45, 7) is -2.19. The lowest BCUT2D eigenvalue weighted by molar-refractivity contribution is 0.0170. The van der Waals surface area contributed by atoms with E-state index in [2.05, 4.69) is 0 Å². The molecule has 3 N–H and O–H groups in total. The third kappa shape index (κ3) is 3.84. The Labute approximate surface area is 107 Å². The Morgan fingerprint density at radius 2 is 2.00 bits per heavy atom. The van der Waals surface area contributed by atoms with Crippen LogP contribution in [0.1, 0.15) is 0 Å². The summed E-state index contributed by atoms with van der Waals surface area (Å²) in [4.78, 5) is -0.600. The summed E-state index contributed by atoms with van der Waals surface area (Å²) < 4.78 is 63.4. The van der Waals surface area contributed by atoms with Crippen molar-refractivity contribution in [2.45, 2.75) is 10.8 Å². The van der Waals surface area contributed by atoms with E-state index < -0.39 is 39.7 Å². The van der Waals surface area contributed by atoms with E-state index >= 15 is 0 Å². The number of hydrogen-bond acceptors (Lipinski definition) is 3. The molecule has 0 unspecified atom stereocenters. The Kier molecular flexibility index (Phi) is 4.60. The van der Waals surface area contributed by atoms with Crippen molar-refractivity contribution in [1.82, 2.24) is 4.72 Å². The van der Waals surface area contributed by atoms with Gasteiger partial charge in [0.2, 0.25) is 10.0 Å². The smallest absolute Gasteiger partial charge is 0.273 e. The van der Waals surface area contributed by atoms with E-state index in [9.17, 15) is 21.6 Å². The highest BCUT2D eigenvalue weighted by molar-refractivity contribution is 7.89. The average molecular weight is 303 g/mol. The molecule has 0 aliphatic rings. The lowest BCUT2D eigenvalue weighted by Gasteiger charge is -2.15. The topological polar surface area (TPSA) is 72.2 Å². The highest BCUT2D eigenvalue weighted by atomic mass is 35.5. The lowest BCUT2D eigenvalue weighted by Crippen LogP contribution is -2.41. The van der Waals surface area contributed by atoms with Crippen LogP contribution in [-0.4, -0.2) is 27.4 Å². The van der Waals surface area contributed by atoms with Crippen LogP contribution in [0.15, 0.2) is 23.1 Å². The van der Waals surface area contributed by atoms with Gasteiger partial charge in [-0.3, -0.25) is 0 Å². The van der Waals surface area contributed by atoms with Crippen molar-refractivity contribution in [3.8, 4) is 0 Å². The molecule has 4 nitrogen and oxygen atoms in total. The van der Waals surface area contributed by atoms with Crippen LogP contribution in [0, 0.1) is 5.82 Å². The molecule has 9 heteroatoms. The number of halogens is 4. The van der Waals surface area contributed by atoms with Gasteiger partial charge in [0.15, 0.2) is 0 Å². The first kappa shape index (κ1) is 15.2. The number of nitrogens with one attached hydrogen (secondary N) is 1. The summed E-state index contributed by atoms with van der Waals surface area (Å²) in [6.07, 6.45) is 0. The Morgan fingerprint density at radius 3 is 2.56 bits per heavy atom. The van der Waals surface area contributed by atoms with E-state index in [0.29, 0.717) is 6.07 Å². The summed E-state index contributed by atoms with van der Waals surface area (Å²) >= 11 is 5.57. The summed E-state index contributed by atoms with van der Waals surface area (Å²) in [5.41, 5.74) is 4.76. The number of rotatable bonds is 5. The van der Waals surface area contributed by atoms with Crippen LogP contribution >= 0.6 is 11.6 Å². The molecule has 0 saturated heterocycles. The summed E-state index contributed by atoms with van der Waals surface area (Å²) in [7, 11) is -4.31. The molecular weight excluding hydrogens is 293 g/mol. The number of alkyl halides is 2. The molecular formula is C9H10ClF3N2O2S. The first-order valence-electron chi connectivity index (χ1n) is 4.70. The summed E-state index contributed by atoms with van der Waals surface area (Å²) in [5.74, 6) is -4.22. The molecule has 0 spiro atoms. The van der Waals surface area contributed by atoms with Crippen molar-refractivity contribution < 1.29 is 21.6 Å². The Hall–Kier alpha value is -0.830. The van der Waals surface area contributed by atoms with Gasteiger partial charge in [-0.05, 0) is 18.2 Å². The molecule has 1 rings (SSSR count). The fourth-order valence-electron chi connectivity index (χ4n) is 1.03. The highest BCUT2D eigenvalue weighted by Crippen LogP contribution is 2.22. The molecule has 0 fully saturated rings. The molecule has 0 aliphatic carbocycles. The Balaban J connectivity index is 2.97. The van der Waals surface area contributed by atoms with Crippen LogP contribution < -0.4 is 10.5 Å². The Morgan fingerprint density at radius 1 is 1.39 bits per heavy atom. The molecule has 0 saturated carbocycles. The van der Waals surface area contributed by atoms with Gasteiger partial charge >= 0.3 is 0 Å². The molecule has 0 heterocycles. The maximum Gasteiger partial charge on any atom is 0.273 e. The molecule has 102 valence electrons. The van der Waals surface area contributed by atoms with Crippen LogP contribution in [0.2, 0.25) is 5.02 Å². The monoisotopic (exact) mass is 302 g/mol. The zero-order valence-electron chi connectivity index (χ0n) is 8.96. The number of nitrogens with two attached hydrogens (primary N) is 1. The fourth-order valence-corrected chi connectivity index (χ4v) is 2.61. The number of sulfonamides is 1. The van der Waals surface area contributed by atoms with E-state index in [-0.39, 0.29) is 5.02 Å². The Bertz CT molecular complexity index is 537. The molecule has 0 aromatic heterocycles. The van der Waals surface area contributed by atoms with Crippen LogP contribution in [0.25, 0.3) is 0 Å². The zero-order valence-corrected chi connectivity index (χ0v) is 10.5. The van der Waals surface area contributed by atoms with Gasteiger partial charge in [0.25, 0.3) is 5.92 Å². The third-order valence-electron chi connectivity index (χ3n) is 2.00. The second kappa shape index (κ2) is 5.43. The predicted molar refractivity (Wildman–Crippen MR) is 60.6 cm³/mol. The van der Waals surface area contributed by atoms with E-state index in [0.717, 1.165) is 12.1 Å². The van der Waals surface area contributed by atoms with Gasteiger partial charge < -0.3 is 5.73 Å². The SMILES string of the molecule is NCC(F)(F)CNS(=O)(=O)c1cc(F)ccc1Cl. The van der Waals surface area contributed by atoms with Crippen molar-refractivity contribution in [2.75, 3.05) is 13.1 Å². The van der Waals surface area contributed by atoms with E-state index in [4.69, 9.17) is 17.3 Å².